The molecule has 4 aliphatic heterocycles. The van der Waals surface area contributed by atoms with E-state index in [9.17, 15) is 20.0 Å². The molecule has 3 N–H and O–H groups in total. The summed E-state index contributed by atoms with van der Waals surface area (Å²) in [5, 5.41) is 21.8. The number of aromatic nitrogens is 2. The van der Waals surface area contributed by atoms with Crippen molar-refractivity contribution in [3.63, 3.8) is 0 Å². The number of para-hydroxylation sites is 1. The quantitative estimate of drug-likeness (QED) is 0.332. The van der Waals surface area contributed by atoms with Crippen molar-refractivity contribution in [1.29, 1.82) is 0 Å². The number of rotatable bonds is 3. The average molecular weight is 564 g/mol. The smallest absolute Gasteiger partial charge is 0.250 e. The molecule has 4 aliphatic rings. The highest BCUT2D eigenvalue weighted by atomic mass is 16.8. The first-order valence-corrected chi connectivity index (χ1v) is 14.8. The summed E-state index contributed by atoms with van der Waals surface area (Å²) in [5.41, 5.74) is 6.82. The summed E-state index contributed by atoms with van der Waals surface area (Å²) in [6.07, 6.45) is 6.47. The third-order valence-corrected chi connectivity index (χ3v) is 10.0. The lowest BCUT2D eigenvalue weighted by molar-refractivity contribution is -0.991. The molecular weight excluding hydrogens is 530 g/mol. The number of anilines is 1. The fourth-order valence-corrected chi connectivity index (χ4v) is 8.16. The zero-order valence-electron chi connectivity index (χ0n) is 23.2. The van der Waals surface area contributed by atoms with Gasteiger partial charge in [-0.1, -0.05) is 30.3 Å². The Hall–Kier alpha value is -4.18. The first-order valence-electron chi connectivity index (χ1n) is 14.8. The molecule has 42 heavy (non-hydrogen) atoms. The molecule has 214 valence electrons. The minimum Gasteiger partial charge on any atom is -0.595 e. The van der Waals surface area contributed by atoms with Crippen LogP contribution in [0.4, 0.5) is 11.4 Å². The number of piperidine rings is 1. The van der Waals surface area contributed by atoms with Gasteiger partial charge in [0.15, 0.2) is 5.69 Å². The molecule has 9 nitrogen and oxygen atoms in total. The minimum atomic E-state index is -0.961. The number of H-pyrrole nitrogens is 1. The maximum atomic E-state index is 14.4. The van der Waals surface area contributed by atoms with Gasteiger partial charge in [-0.25, -0.2) is 5.21 Å². The van der Waals surface area contributed by atoms with Crippen LogP contribution in [-0.2, 0) is 17.8 Å². The topological polar surface area (TPSA) is 109 Å². The zero-order valence-corrected chi connectivity index (χ0v) is 23.2. The van der Waals surface area contributed by atoms with Crippen molar-refractivity contribution in [2.24, 2.45) is 11.8 Å². The number of hydrogen-bond acceptors (Lipinski definition) is 5. The molecule has 2 aromatic carbocycles. The highest BCUT2D eigenvalue weighted by Gasteiger charge is 2.50. The Morgan fingerprint density at radius 1 is 1.07 bits per heavy atom. The Morgan fingerprint density at radius 2 is 1.95 bits per heavy atom. The molecule has 0 aliphatic carbocycles. The lowest BCUT2D eigenvalue weighted by Gasteiger charge is -2.54. The van der Waals surface area contributed by atoms with E-state index in [4.69, 9.17) is 0 Å². The third-order valence-electron chi connectivity index (χ3n) is 10.0. The maximum absolute atomic E-state index is 14.4. The Kier molecular flexibility index (Phi) is 5.89. The van der Waals surface area contributed by atoms with Crippen LogP contribution < -0.4 is 15.7 Å². The fourth-order valence-electron chi connectivity index (χ4n) is 8.16. The largest absolute Gasteiger partial charge is 0.595 e. The number of amides is 1. The highest BCUT2D eigenvalue weighted by molar-refractivity contribution is 5.93. The number of fused-ring (bicyclic) bond motifs is 9. The monoisotopic (exact) mass is 563 g/mol. The summed E-state index contributed by atoms with van der Waals surface area (Å²) in [7, 11) is 0. The second-order valence-corrected chi connectivity index (χ2v) is 12.2. The second-order valence-electron chi connectivity index (χ2n) is 12.2. The lowest BCUT2D eigenvalue weighted by Crippen LogP contribution is -2.99. The Bertz CT molecular complexity index is 1810. The summed E-state index contributed by atoms with van der Waals surface area (Å²) in [4.78, 5) is 34.9. The molecule has 3 unspecified atom stereocenters. The van der Waals surface area contributed by atoms with E-state index >= 15 is 0 Å². The van der Waals surface area contributed by atoms with E-state index in [2.05, 4.69) is 40.4 Å². The number of hydrogen-bond donors (Lipinski definition) is 3. The normalized spacial score (nSPS) is 25.3. The van der Waals surface area contributed by atoms with E-state index in [1.54, 1.807) is 18.2 Å². The fraction of sp³-hybridized carbons (Fsp3) is 0.333. The van der Waals surface area contributed by atoms with E-state index in [1.807, 2.05) is 33.7 Å². The van der Waals surface area contributed by atoms with Crippen molar-refractivity contribution in [3.05, 3.63) is 105 Å². The van der Waals surface area contributed by atoms with Crippen LogP contribution in [-0.4, -0.2) is 51.2 Å². The standard InChI is InChI=1S/C33H33N5O4/c39-31-7-3-6-29-22-14-23(19-36(29)31)32-26(16-21-15-24(38(41)42)8-9-30(21)37(32)18-22)33(40)35-12-10-20(11-13-35)27-17-34-28-5-2-1-4-25(27)28/h1-10,15,17,22-23,26,32,34,38,41H,11-14,16,18-19H2/t22?,23?,26-,32+/m1/s1. The molecule has 5 atom stereocenters. The highest BCUT2D eigenvalue weighted by Crippen LogP contribution is 2.48. The summed E-state index contributed by atoms with van der Waals surface area (Å²) in [6.45, 7) is 2.50. The Balaban J connectivity index is 1.14. The average Bonchev–Trinajstić information content (AvgIpc) is 3.45. The van der Waals surface area contributed by atoms with Gasteiger partial charge in [0, 0.05) is 90.4 Å². The van der Waals surface area contributed by atoms with Gasteiger partial charge in [-0.2, -0.15) is 5.23 Å². The Labute approximate surface area is 242 Å². The van der Waals surface area contributed by atoms with Crippen LogP contribution >= 0.6 is 0 Å². The van der Waals surface area contributed by atoms with Gasteiger partial charge in [0.1, 0.15) is 0 Å². The number of nitrogens with zero attached hydrogens (tertiary/aromatic N) is 3. The van der Waals surface area contributed by atoms with Gasteiger partial charge in [0.05, 0.1) is 5.92 Å². The summed E-state index contributed by atoms with van der Waals surface area (Å²) in [6, 6.07) is 19.1. The Morgan fingerprint density at radius 3 is 2.79 bits per heavy atom. The molecule has 9 heteroatoms. The van der Waals surface area contributed by atoms with Crippen molar-refractivity contribution in [3.8, 4) is 0 Å². The number of pyridine rings is 1. The predicted molar refractivity (Wildman–Crippen MR) is 160 cm³/mol. The third kappa shape index (κ3) is 3.95. The van der Waals surface area contributed by atoms with Crippen molar-refractivity contribution in [2.75, 3.05) is 24.5 Å². The lowest BCUT2D eigenvalue weighted by atomic mass is 9.69. The van der Waals surface area contributed by atoms with Gasteiger partial charge in [0.25, 0.3) is 5.56 Å². The van der Waals surface area contributed by atoms with Crippen LogP contribution in [0.1, 0.15) is 35.6 Å². The number of quaternary nitrogens is 1. The number of carbonyl (C=O) groups is 1. The van der Waals surface area contributed by atoms with Crippen LogP contribution in [0.5, 0.6) is 0 Å². The maximum Gasteiger partial charge on any atom is 0.250 e. The SMILES string of the molecule is O=C([C@@H]1Cc2cc([NH+]([O-])O)ccc2N2CC3CC(Cn4c3cccc4=O)[C@@H]12)N1CC=C(c2c[nH]c3ccccc23)CC1. The molecule has 2 bridgehead atoms. The second kappa shape index (κ2) is 9.69. The number of nitrogens with one attached hydrogen (secondary N) is 2. The number of benzene rings is 2. The van der Waals surface area contributed by atoms with E-state index < -0.39 is 5.23 Å². The van der Waals surface area contributed by atoms with Crippen LogP contribution in [0.3, 0.4) is 0 Å². The molecule has 0 spiro atoms. The van der Waals surface area contributed by atoms with Gasteiger partial charge in [-0.3, -0.25) is 9.59 Å². The van der Waals surface area contributed by atoms with Crippen LogP contribution in [0.15, 0.2) is 77.7 Å². The van der Waals surface area contributed by atoms with Crippen molar-refractivity contribution in [1.82, 2.24) is 14.5 Å². The van der Waals surface area contributed by atoms with Crippen LogP contribution in [0, 0.1) is 17.0 Å². The van der Waals surface area contributed by atoms with Crippen molar-refractivity contribution in [2.45, 2.75) is 37.8 Å². The summed E-state index contributed by atoms with van der Waals surface area (Å²) >= 11 is 0. The molecule has 1 fully saturated rings. The molecular formula is C33H33N5O4. The van der Waals surface area contributed by atoms with E-state index in [1.165, 1.54) is 16.5 Å². The van der Waals surface area contributed by atoms with Gasteiger partial charge < -0.3 is 24.6 Å². The first-order chi connectivity index (χ1) is 20.5. The molecule has 0 radical (unpaired) electrons. The molecule has 1 amide bonds. The minimum absolute atomic E-state index is 0.0202. The van der Waals surface area contributed by atoms with Crippen molar-refractivity contribution < 1.29 is 15.2 Å². The van der Waals surface area contributed by atoms with E-state index in [-0.39, 0.29) is 40.9 Å². The van der Waals surface area contributed by atoms with Crippen LogP contribution in [0.2, 0.25) is 0 Å². The molecule has 2 aromatic heterocycles. The van der Waals surface area contributed by atoms with Gasteiger partial charge in [-0.15, -0.1) is 0 Å². The first kappa shape index (κ1) is 25.5. The summed E-state index contributed by atoms with van der Waals surface area (Å²) < 4.78 is 1.91. The number of carbonyl (C=O) groups excluding carboxylic acids is 1. The molecule has 4 aromatic rings. The predicted octanol–water partition coefficient (Wildman–Crippen LogP) is 3.21. The van der Waals surface area contributed by atoms with Crippen molar-refractivity contribution >= 4 is 33.8 Å². The molecule has 0 saturated carbocycles. The van der Waals surface area contributed by atoms with Gasteiger partial charge in [0.2, 0.25) is 5.91 Å². The molecule has 8 rings (SSSR count). The van der Waals surface area contributed by atoms with Gasteiger partial charge in [-0.05, 0) is 54.5 Å². The van der Waals surface area contributed by atoms with E-state index in [0.29, 0.717) is 32.6 Å². The van der Waals surface area contributed by atoms with Gasteiger partial charge >= 0.3 is 0 Å². The molecule has 1 saturated heterocycles. The van der Waals surface area contributed by atoms with E-state index in [0.717, 1.165) is 35.3 Å². The van der Waals surface area contributed by atoms with Crippen LogP contribution in [0.25, 0.3) is 16.5 Å². The zero-order chi connectivity index (χ0) is 28.5. The number of aromatic amines is 1. The summed E-state index contributed by atoms with van der Waals surface area (Å²) in [5.74, 6) is 0.151. The molecule has 6 heterocycles.